The van der Waals surface area contributed by atoms with Crippen molar-refractivity contribution in [3.05, 3.63) is 0 Å². The second kappa shape index (κ2) is 27.5. The molecule has 7 aliphatic rings. The molecular formula is C54H113NO2P6S. The smallest absolute Gasteiger partial charge is 0.151 e. The normalized spacial score (nSPS) is 30.5. The van der Waals surface area contributed by atoms with Crippen LogP contribution < -0.4 is 0 Å². The lowest BCUT2D eigenvalue weighted by molar-refractivity contribution is 0.368. The molecule has 3 nitrogen and oxygen atoms in total. The summed E-state index contributed by atoms with van der Waals surface area (Å²) in [7, 11) is -0.442. The van der Waals surface area contributed by atoms with Gasteiger partial charge < -0.3 is 4.90 Å². The van der Waals surface area contributed by atoms with Gasteiger partial charge in [-0.25, -0.2) is 8.42 Å². The molecule has 0 aliphatic carbocycles. The molecule has 7 saturated heterocycles. The van der Waals surface area contributed by atoms with Crippen molar-refractivity contribution in [2.75, 3.05) is 145 Å². The van der Waals surface area contributed by atoms with Gasteiger partial charge in [0.05, 0.1) is 11.5 Å². The van der Waals surface area contributed by atoms with Gasteiger partial charge in [0.2, 0.25) is 0 Å². The van der Waals surface area contributed by atoms with Gasteiger partial charge in [0, 0.05) is 13.1 Å². The van der Waals surface area contributed by atoms with E-state index in [-0.39, 0.29) is 0 Å². The average molecular weight is 1030 g/mol. The second-order valence-corrected chi connectivity index (χ2v) is 54.0. The van der Waals surface area contributed by atoms with Gasteiger partial charge in [-0.3, -0.25) is 0 Å². The summed E-state index contributed by atoms with van der Waals surface area (Å²) in [5.74, 6) is 3.00. The van der Waals surface area contributed by atoms with E-state index in [2.05, 4.69) is 135 Å². The largest absolute Gasteiger partial charge is 0.306 e. The molecule has 7 aliphatic heterocycles. The zero-order valence-corrected chi connectivity index (χ0v) is 52.8. The van der Waals surface area contributed by atoms with E-state index in [1.54, 1.807) is 52.5 Å². The molecule has 0 saturated carbocycles. The molecule has 0 aromatic rings. The van der Waals surface area contributed by atoms with E-state index in [1.807, 2.05) is 5.29 Å². The maximum Gasteiger partial charge on any atom is 0.151 e. The maximum atomic E-state index is 11.2. The number of nitrogens with zero attached hydrogens (tertiary/aromatic N) is 1. The average Bonchev–Trinajstić information content (AvgIpc) is 3.87. The van der Waals surface area contributed by atoms with Crippen molar-refractivity contribution in [1.29, 1.82) is 0 Å². The highest BCUT2D eigenvalue weighted by Crippen LogP contribution is 2.63. The van der Waals surface area contributed by atoms with E-state index < -0.39 is 51.2 Å². The van der Waals surface area contributed by atoms with Crippen LogP contribution in [0.1, 0.15) is 154 Å². The zero-order valence-electron chi connectivity index (χ0n) is 46.6. The van der Waals surface area contributed by atoms with E-state index in [4.69, 9.17) is 0 Å². The molecule has 0 amide bonds. The van der Waals surface area contributed by atoms with Crippen molar-refractivity contribution in [1.82, 2.24) is 4.90 Å². The molecule has 7 heterocycles. The summed E-state index contributed by atoms with van der Waals surface area (Å²) in [6.07, 6.45) is 33.8. The van der Waals surface area contributed by atoms with Crippen LogP contribution in [0.15, 0.2) is 0 Å². The quantitative estimate of drug-likeness (QED) is 0.227. The van der Waals surface area contributed by atoms with Crippen molar-refractivity contribution in [3.63, 3.8) is 0 Å². The number of sulfone groups is 1. The molecule has 0 atom stereocenters. The minimum Gasteiger partial charge on any atom is -0.306 e. The molecular weight excluding hydrogens is 913 g/mol. The summed E-state index contributed by atoms with van der Waals surface area (Å²) in [6.45, 7) is 41.5. The fourth-order valence-corrected chi connectivity index (χ4v) is 33.9. The maximum absolute atomic E-state index is 11.2. The summed E-state index contributed by atoms with van der Waals surface area (Å²) in [5.41, 5.74) is 0. The molecule has 0 spiro atoms. The molecule has 10 heteroatoms. The number of rotatable bonds is 0. The topological polar surface area (TPSA) is 37.4 Å². The van der Waals surface area contributed by atoms with E-state index >= 15 is 0 Å². The molecule has 7 fully saturated rings. The van der Waals surface area contributed by atoms with Crippen molar-refractivity contribution in [2.45, 2.75) is 154 Å². The molecule has 0 N–H and O–H groups in total. The standard InChI is InChI=1S/C10H21P.C9H20NP.C9H17P.2C9H19P.C8H17O2PS/c2*1-9(2)11(4)7-5-10(3)6-8-11;1-8(2)10-5-3-9(7-10)4-6-10;2*1-9(2)10(3)7-5-4-6-8-10;1-8(2)11(3)4-6-12(9,10)7-5-11/h10H,5-8H2,1-4H3;5-8H2,1-4H3;9H,3-7H2,1-2H3;2*4-8H2,1-3H3;4-7H2,1-3H3. The summed E-state index contributed by atoms with van der Waals surface area (Å²) >= 11 is 0. The minimum atomic E-state index is -2.67. The van der Waals surface area contributed by atoms with Gasteiger partial charge >= 0.3 is 0 Å². The predicted molar refractivity (Wildman–Crippen MR) is 328 cm³/mol. The first-order valence-electron chi connectivity index (χ1n) is 26.3. The molecule has 0 aromatic heterocycles. The molecule has 2 bridgehead atoms. The van der Waals surface area contributed by atoms with Crippen molar-refractivity contribution in [3.8, 4) is 0 Å². The Morgan fingerprint density at radius 2 is 0.719 bits per heavy atom. The van der Waals surface area contributed by atoms with Gasteiger partial charge in [-0.1, -0.05) is 51.5 Å². The zero-order chi connectivity index (χ0) is 48.8. The van der Waals surface area contributed by atoms with Crippen LogP contribution in [0.5, 0.6) is 0 Å². The molecule has 0 radical (unpaired) electrons. The number of hydrogen-bond acceptors (Lipinski definition) is 3. The van der Waals surface area contributed by atoms with Crippen LogP contribution in [0.25, 0.3) is 0 Å². The Labute approximate surface area is 405 Å². The Hall–Kier alpha value is 1.71. The van der Waals surface area contributed by atoms with Crippen molar-refractivity contribution < 1.29 is 8.42 Å². The Balaban J connectivity index is 0.000000264. The monoisotopic (exact) mass is 1030 g/mol. The SMILES string of the molecule is CC(C)=P1(C)CCC(C)CC1.CC(C)=P1(C)CCCCC1.CC(C)=P1(C)CCCCC1.CC(C)=P1(C)CCN(C)CC1.CC(C)=P1(C)CCS(=O)(=O)CC1.CC(C)=P12CCC(CC1)C2. The second-order valence-electron chi connectivity index (χ2n) is 24.4. The summed E-state index contributed by atoms with van der Waals surface area (Å²) in [4.78, 5) is 2.45. The Bertz CT molecular complexity index is 1800. The van der Waals surface area contributed by atoms with Crippen LogP contribution in [0.4, 0.5) is 0 Å². The highest BCUT2D eigenvalue weighted by atomic mass is 32.2. The third-order valence-corrected chi connectivity index (χ3v) is 49.4. The van der Waals surface area contributed by atoms with E-state index in [0.29, 0.717) is 11.5 Å². The molecule has 0 unspecified atom stereocenters. The third-order valence-electron chi connectivity index (χ3n) is 18.5. The number of fused-ring (bicyclic) bond motifs is 2. The van der Waals surface area contributed by atoms with Gasteiger partial charge in [0.15, 0.2) is 9.84 Å². The predicted octanol–water partition coefficient (Wildman–Crippen LogP) is 15.0. The van der Waals surface area contributed by atoms with Gasteiger partial charge in [-0.2, -0.15) is 0 Å². The molecule has 7 rings (SSSR count). The highest BCUT2D eigenvalue weighted by molar-refractivity contribution is 7.94. The third kappa shape index (κ3) is 19.7. The van der Waals surface area contributed by atoms with E-state index in [9.17, 15) is 8.42 Å². The van der Waals surface area contributed by atoms with Crippen LogP contribution in [0.3, 0.4) is 0 Å². The summed E-state index contributed by atoms with van der Waals surface area (Å²) < 4.78 is 22.3. The van der Waals surface area contributed by atoms with Crippen LogP contribution in [-0.2, 0) is 9.84 Å². The fourth-order valence-electron chi connectivity index (χ4n) is 10.4. The molecule has 0 aromatic carbocycles. The lowest BCUT2D eigenvalue weighted by atomic mass is 10.1. The van der Waals surface area contributed by atoms with Gasteiger partial charge in [0.25, 0.3) is 0 Å². The first-order valence-corrected chi connectivity index (χ1v) is 43.5. The number of hydrogen-bond donors (Lipinski definition) is 0. The first-order chi connectivity index (χ1) is 29.5. The van der Waals surface area contributed by atoms with E-state index in [1.165, 1.54) is 119 Å². The highest BCUT2D eigenvalue weighted by Gasteiger charge is 2.37. The molecule has 64 heavy (non-hydrogen) atoms. The van der Waals surface area contributed by atoms with Crippen molar-refractivity contribution >= 4 is 82.9 Å². The van der Waals surface area contributed by atoms with Gasteiger partial charge in [0.1, 0.15) is 0 Å². The fraction of sp³-hybridized carbons (Fsp3) is 0.889. The van der Waals surface area contributed by atoms with Crippen LogP contribution in [0.2, 0.25) is 0 Å². The van der Waals surface area contributed by atoms with Crippen LogP contribution in [0, 0.1) is 11.8 Å². The lowest BCUT2D eigenvalue weighted by Gasteiger charge is -2.33. The Kier molecular flexibility index (Phi) is 26.6. The summed E-state index contributed by atoms with van der Waals surface area (Å²) in [5, 5.41) is 10.2. The first kappa shape index (κ1) is 61.8. The summed E-state index contributed by atoms with van der Waals surface area (Å²) in [6, 6.07) is 0. The van der Waals surface area contributed by atoms with Gasteiger partial charge in [-0.05, 0) is 267 Å². The molecule has 382 valence electrons. The minimum absolute atomic E-state index is 0.409. The van der Waals surface area contributed by atoms with Crippen molar-refractivity contribution in [2.24, 2.45) is 11.8 Å². The Morgan fingerprint density at radius 1 is 0.406 bits per heavy atom. The lowest BCUT2D eigenvalue weighted by Crippen LogP contribution is -2.32. The van der Waals surface area contributed by atoms with Crippen LogP contribution >= 0.6 is 41.3 Å². The van der Waals surface area contributed by atoms with Gasteiger partial charge in [-0.15, -0.1) is 41.3 Å². The van der Waals surface area contributed by atoms with Crippen LogP contribution in [-0.4, -0.2) is 190 Å². The van der Waals surface area contributed by atoms with E-state index in [0.717, 1.165) is 24.2 Å². The Morgan fingerprint density at radius 3 is 0.984 bits per heavy atom.